The lowest BCUT2D eigenvalue weighted by atomic mass is 9.75. The van der Waals surface area contributed by atoms with Crippen molar-refractivity contribution in [1.29, 1.82) is 0 Å². The summed E-state index contributed by atoms with van der Waals surface area (Å²) >= 11 is 0. The summed E-state index contributed by atoms with van der Waals surface area (Å²) in [5.74, 6) is -0.181. The second-order valence-electron chi connectivity index (χ2n) is 3.19. The predicted molar refractivity (Wildman–Crippen MR) is 43.4 cm³/mol. The van der Waals surface area contributed by atoms with Crippen LogP contribution in [0.3, 0.4) is 0 Å². The van der Waals surface area contributed by atoms with Crippen molar-refractivity contribution in [3.8, 4) is 0 Å². The van der Waals surface area contributed by atoms with Crippen LogP contribution in [0.4, 0.5) is 0 Å². The molecule has 0 atom stereocenters. The van der Waals surface area contributed by atoms with Crippen LogP contribution in [0.25, 0.3) is 0 Å². The van der Waals surface area contributed by atoms with Gasteiger partial charge in [0.05, 0.1) is 26.2 Å². The van der Waals surface area contributed by atoms with Crippen molar-refractivity contribution in [3.63, 3.8) is 0 Å². The van der Waals surface area contributed by atoms with Crippen LogP contribution in [0.1, 0.15) is 25.7 Å². The lowest BCUT2D eigenvalue weighted by Gasteiger charge is -2.40. The molecule has 4 heteroatoms. The largest absolute Gasteiger partial charge is 0.469 e. The fourth-order valence-electron chi connectivity index (χ4n) is 1.48. The van der Waals surface area contributed by atoms with Gasteiger partial charge in [0.25, 0.3) is 0 Å². The number of hydroxylamine groups is 1. The summed E-state index contributed by atoms with van der Waals surface area (Å²) in [7, 11) is 2.97. The molecule has 1 fully saturated rings. The van der Waals surface area contributed by atoms with Crippen LogP contribution < -0.4 is 5.48 Å². The molecule has 1 N–H and O–H groups in total. The SMILES string of the molecule is CONC1(CC(=O)OC)CCC1. The predicted octanol–water partition coefficient (Wildman–Crippen LogP) is 0.623. The Morgan fingerprint density at radius 1 is 1.50 bits per heavy atom. The van der Waals surface area contributed by atoms with E-state index in [2.05, 4.69) is 10.2 Å². The average molecular weight is 173 g/mol. The van der Waals surface area contributed by atoms with Gasteiger partial charge >= 0.3 is 5.97 Å². The lowest BCUT2D eigenvalue weighted by Crippen LogP contribution is -2.51. The molecule has 0 spiro atoms. The van der Waals surface area contributed by atoms with Gasteiger partial charge in [-0.3, -0.25) is 4.79 Å². The topological polar surface area (TPSA) is 47.6 Å². The van der Waals surface area contributed by atoms with Gasteiger partial charge in [0.2, 0.25) is 0 Å². The molecule has 0 aromatic rings. The van der Waals surface area contributed by atoms with Gasteiger partial charge < -0.3 is 9.57 Å². The smallest absolute Gasteiger partial charge is 0.307 e. The fourth-order valence-corrected chi connectivity index (χ4v) is 1.48. The van der Waals surface area contributed by atoms with Crippen molar-refractivity contribution >= 4 is 5.97 Å². The molecular formula is C8H15NO3. The molecule has 0 saturated heterocycles. The first-order chi connectivity index (χ1) is 5.72. The number of hydrogen-bond donors (Lipinski definition) is 1. The van der Waals surface area contributed by atoms with Crippen molar-refractivity contribution in [1.82, 2.24) is 5.48 Å². The first kappa shape index (κ1) is 9.48. The normalized spacial score (nSPS) is 19.8. The summed E-state index contributed by atoms with van der Waals surface area (Å²) in [4.78, 5) is 15.8. The quantitative estimate of drug-likeness (QED) is 0.500. The number of carbonyl (C=O) groups is 1. The highest BCUT2D eigenvalue weighted by atomic mass is 16.6. The third kappa shape index (κ3) is 1.95. The molecule has 0 aromatic heterocycles. The second kappa shape index (κ2) is 3.87. The highest BCUT2D eigenvalue weighted by molar-refractivity contribution is 5.70. The molecule has 1 rings (SSSR count). The average Bonchev–Trinajstić information content (AvgIpc) is 2.00. The number of esters is 1. The highest BCUT2D eigenvalue weighted by Crippen LogP contribution is 2.34. The van der Waals surface area contributed by atoms with E-state index in [1.54, 1.807) is 7.11 Å². The molecular weight excluding hydrogens is 158 g/mol. The second-order valence-corrected chi connectivity index (χ2v) is 3.19. The Balaban J connectivity index is 2.39. The van der Waals surface area contributed by atoms with Crippen molar-refractivity contribution < 1.29 is 14.4 Å². The van der Waals surface area contributed by atoms with E-state index in [-0.39, 0.29) is 11.5 Å². The maximum Gasteiger partial charge on any atom is 0.307 e. The molecule has 1 aliphatic carbocycles. The van der Waals surface area contributed by atoms with E-state index in [1.807, 2.05) is 0 Å². The number of carbonyl (C=O) groups excluding carboxylic acids is 1. The zero-order valence-electron chi connectivity index (χ0n) is 7.55. The highest BCUT2D eigenvalue weighted by Gasteiger charge is 2.39. The van der Waals surface area contributed by atoms with Crippen LogP contribution >= 0.6 is 0 Å². The minimum absolute atomic E-state index is 0.151. The summed E-state index contributed by atoms with van der Waals surface area (Å²) in [6.07, 6.45) is 3.51. The lowest BCUT2D eigenvalue weighted by molar-refractivity contribution is -0.146. The van der Waals surface area contributed by atoms with Gasteiger partial charge in [-0.05, 0) is 19.3 Å². The number of methoxy groups -OCH3 is 1. The zero-order valence-corrected chi connectivity index (χ0v) is 7.55. The molecule has 1 aliphatic rings. The molecule has 4 nitrogen and oxygen atoms in total. The Labute approximate surface area is 72.2 Å². The van der Waals surface area contributed by atoms with Gasteiger partial charge in [-0.2, -0.15) is 5.48 Å². The maximum atomic E-state index is 11.0. The Bertz CT molecular complexity index is 166. The number of ether oxygens (including phenoxy) is 1. The van der Waals surface area contributed by atoms with E-state index in [1.165, 1.54) is 7.11 Å². The Morgan fingerprint density at radius 2 is 2.17 bits per heavy atom. The van der Waals surface area contributed by atoms with Crippen LogP contribution in [-0.2, 0) is 14.4 Å². The van der Waals surface area contributed by atoms with E-state index in [0.29, 0.717) is 6.42 Å². The minimum atomic E-state index is -0.181. The Morgan fingerprint density at radius 3 is 2.50 bits per heavy atom. The van der Waals surface area contributed by atoms with Gasteiger partial charge in [0, 0.05) is 0 Å². The van der Waals surface area contributed by atoms with E-state index in [4.69, 9.17) is 4.84 Å². The molecule has 70 valence electrons. The molecule has 1 saturated carbocycles. The molecule has 0 unspecified atom stereocenters. The third-order valence-electron chi connectivity index (χ3n) is 2.34. The van der Waals surface area contributed by atoms with Gasteiger partial charge in [0.15, 0.2) is 0 Å². The van der Waals surface area contributed by atoms with Crippen molar-refractivity contribution in [3.05, 3.63) is 0 Å². The van der Waals surface area contributed by atoms with Crippen LogP contribution in [0.15, 0.2) is 0 Å². The van der Waals surface area contributed by atoms with Gasteiger partial charge in [0.1, 0.15) is 0 Å². The van der Waals surface area contributed by atoms with Crippen molar-refractivity contribution in [2.45, 2.75) is 31.2 Å². The molecule has 0 bridgehead atoms. The third-order valence-corrected chi connectivity index (χ3v) is 2.34. The molecule has 0 aromatic carbocycles. The molecule has 0 radical (unpaired) electrons. The summed E-state index contributed by atoms with van der Waals surface area (Å²) in [5.41, 5.74) is 2.71. The summed E-state index contributed by atoms with van der Waals surface area (Å²) in [6.45, 7) is 0. The van der Waals surface area contributed by atoms with E-state index >= 15 is 0 Å². The summed E-state index contributed by atoms with van der Waals surface area (Å²) < 4.78 is 4.59. The van der Waals surface area contributed by atoms with Gasteiger partial charge in [-0.1, -0.05) is 0 Å². The van der Waals surface area contributed by atoms with Gasteiger partial charge in [-0.15, -0.1) is 0 Å². The van der Waals surface area contributed by atoms with Crippen molar-refractivity contribution in [2.24, 2.45) is 0 Å². The number of hydrogen-bond acceptors (Lipinski definition) is 4. The van der Waals surface area contributed by atoms with Crippen LogP contribution in [0.5, 0.6) is 0 Å². The first-order valence-corrected chi connectivity index (χ1v) is 4.09. The number of rotatable bonds is 4. The molecule has 0 amide bonds. The molecule has 12 heavy (non-hydrogen) atoms. The zero-order chi connectivity index (χ0) is 9.03. The van der Waals surface area contributed by atoms with Gasteiger partial charge in [-0.25, -0.2) is 0 Å². The van der Waals surface area contributed by atoms with E-state index < -0.39 is 0 Å². The van der Waals surface area contributed by atoms with Crippen LogP contribution in [-0.4, -0.2) is 25.7 Å². The first-order valence-electron chi connectivity index (χ1n) is 4.09. The Kier molecular flexibility index (Phi) is 3.05. The van der Waals surface area contributed by atoms with Crippen molar-refractivity contribution in [2.75, 3.05) is 14.2 Å². The van der Waals surface area contributed by atoms with Crippen LogP contribution in [0.2, 0.25) is 0 Å². The minimum Gasteiger partial charge on any atom is -0.469 e. The number of nitrogens with one attached hydrogen (secondary N) is 1. The van der Waals surface area contributed by atoms with Crippen LogP contribution in [0, 0.1) is 0 Å². The maximum absolute atomic E-state index is 11.0. The standard InChI is InChI=1S/C8H15NO3/c1-11-7(10)6-8(9-12-2)4-3-5-8/h9H,3-6H2,1-2H3. The summed E-state index contributed by atoms with van der Waals surface area (Å²) in [5, 5.41) is 0. The summed E-state index contributed by atoms with van der Waals surface area (Å²) in [6, 6.07) is 0. The van der Waals surface area contributed by atoms with E-state index in [9.17, 15) is 4.79 Å². The molecule has 0 aliphatic heterocycles. The molecule has 0 heterocycles. The fraction of sp³-hybridized carbons (Fsp3) is 0.875. The van der Waals surface area contributed by atoms with E-state index in [0.717, 1.165) is 19.3 Å². The monoisotopic (exact) mass is 173 g/mol. The Hall–Kier alpha value is -0.610.